The molecule has 26 heavy (non-hydrogen) atoms. The van der Waals surface area contributed by atoms with Crippen LogP contribution in [-0.2, 0) is 12.8 Å². The predicted octanol–water partition coefficient (Wildman–Crippen LogP) is 3.33. The quantitative estimate of drug-likeness (QED) is 0.412. The lowest BCUT2D eigenvalue weighted by Gasteiger charge is -2.05. The van der Waals surface area contributed by atoms with Crippen LogP contribution in [0.5, 0.6) is 11.5 Å². The fourth-order valence-electron chi connectivity index (χ4n) is 3.36. The van der Waals surface area contributed by atoms with Gasteiger partial charge in [-0.3, -0.25) is 4.79 Å². The number of fused-ring (bicyclic) bond motifs is 3. The van der Waals surface area contributed by atoms with Gasteiger partial charge in [0.25, 0.3) is 5.56 Å². The van der Waals surface area contributed by atoms with Gasteiger partial charge in [-0.2, -0.15) is 9.78 Å². The van der Waals surface area contributed by atoms with Crippen molar-refractivity contribution >= 4 is 27.8 Å². The van der Waals surface area contributed by atoms with Gasteiger partial charge in [0.05, 0.1) is 11.6 Å². The SMILES string of the molecule is Cc1nc2sc3c(c2c(=O)n1/N=C/c1ccc(O)c(O)c1)CCCCC3. The van der Waals surface area contributed by atoms with Crippen LogP contribution in [0.2, 0.25) is 0 Å². The Labute approximate surface area is 154 Å². The van der Waals surface area contributed by atoms with Gasteiger partial charge in [0.1, 0.15) is 10.7 Å². The van der Waals surface area contributed by atoms with E-state index in [9.17, 15) is 15.0 Å². The Morgan fingerprint density at radius 1 is 1.19 bits per heavy atom. The summed E-state index contributed by atoms with van der Waals surface area (Å²) in [5.74, 6) is 0.104. The van der Waals surface area contributed by atoms with Gasteiger partial charge in [0.15, 0.2) is 11.5 Å². The first kappa shape index (κ1) is 16.8. The van der Waals surface area contributed by atoms with Crippen molar-refractivity contribution in [2.45, 2.75) is 39.0 Å². The molecule has 0 saturated heterocycles. The summed E-state index contributed by atoms with van der Waals surface area (Å²) >= 11 is 1.63. The Bertz CT molecular complexity index is 1080. The average molecular weight is 369 g/mol. The topological polar surface area (TPSA) is 87.7 Å². The van der Waals surface area contributed by atoms with Crippen LogP contribution in [0.25, 0.3) is 10.2 Å². The maximum atomic E-state index is 13.1. The predicted molar refractivity (Wildman–Crippen MR) is 103 cm³/mol. The lowest BCUT2D eigenvalue weighted by atomic mass is 10.1. The highest BCUT2D eigenvalue weighted by molar-refractivity contribution is 7.18. The molecule has 0 bridgehead atoms. The summed E-state index contributed by atoms with van der Waals surface area (Å²) in [5, 5.41) is 24.0. The van der Waals surface area contributed by atoms with E-state index < -0.39 is 0 Å². The Hall–Kier alpha value is -2.67. The molecular formula is C19H19N3O3S. The van der Waals surface area contributed by atoms with Crippen molar-refractivity contribution in [1.82, 2.24) is 9.66 Å². The number of thiophene rings is 1. The van der Waals surface area contributed by atoms with Crippen molar-refractivity contribution in [3.05, 3.63) is 50.4 Å². The molecule has 0 spiro atoms. The summed E-state index contributed by atoms with van der Waals surface area (Å²) in [6.07, 6.45) is 6.87. The van der Waals surface area contributed by atoms with Gasteiger partial charge in [0.2, 0.25) is 0 Å². The minimum Gasteiger partial charge on any atom is -0.504 e. The molecule has 0 radical (unpaired) electrons. The van der Waals surface area contributed by atoms with E-state index in [1.165, 1.54) is 34.3 Å². The largest absolute Gasteiger partial charge is 0.504 e. The molecule has 1 aromatic carbocycles. The zero-order valence-electron chi connectivity index (χ0n) is 14.4. The van der Waals surface area contributed by atoms with Crippen LogP contribution in [0, 0.1) is 6.92 Å². The van der Waals surface area contributed by atoms with Crippen LogP contribution in [-0.4, -0.2) is 26.1 Å². The van der Waals surface area contributed by atoms with Crippen molar-refractivity contribution in [1.29, 1.82) is 0 Å². The number of rotatable bonds is 2. The Balaban J connectivity index is 1.82. The van der Waals surface area contributed by atoms with E-state index in [-0.39, 0.29) is 17.1 Å². The number of benzene rings is 1. The third kappa shape index (κ3) is 2.88. The highest BCUT2D eigenvalue weighted by Gasteiger charge is 2.20. The molecule has 4 rings (SSSR count). The second-order valence-electron chi connectivity index (χ2n) is 6.51. The molecule has 0 saturated carbocycles. The van der Waals surface area contributed by atoms with Crippen molar-refractivity contribution in [2.75, 3.05) is 0 Å². The van der Waals surface area contributed by atoms with E-state index in [4.69, 9.17) is 0 Å². The fraction of sp³-hybridized carbons (Fsp3) is 0.316. The summed E-state index contributed by atoms with van der Waals surface area (Å²) in [6, 6.07) is 4.38. The lowest BCUT2D eigenvalue weighted by Crippen LogP contribution is -2.20. The molecule has 0 atom stereocenters. The first-order chi connectivity index (χ1) is 12.5. The van der Waals surface area contributed by atoms with Crippen LogP contribution < -0.4 is 5.56 Å². The van der Waals surface area contributed by atoms with Crippen molar-refractivity contribution in [2.24, 2.45) is 5.10 Å². The molecule has 1 aliphatic rings. The molecule has 3 aromatic rings. The van der Waals surface area contributed by atoms with Crippen molar-refractivity contribution < 1.29 is 10.2 Å². The molecule has 0 aliphatic heterocycles. The number of phenolic OH excluding ortho intramolecular Hbond substituents is 2. The third-order valence-electron chi connectivity index (χ3n) is 4.70. The molecule has 0 amide bonds. The minimum atomic E-state index is -0.227. The second kappa shape index (κ2) is 6.57. The number of phenols is 2. The number of aromatic hydroxyl groups is 2. The van der Waals surface area contributed by atoms with Crippen LogP contribution in [0.3, 0.4) is 0 Å². The fourth-order valence-corrected chi connectivity index (χ4v) is 4.65. The number of hydrogen-bond acceptors (Lipinski definition) is 6. The maximum Gasteiger partial charge on any atom is 0.283 e. The van der Waals surface area contributed by atoms with E-state index >= 15 is 0 Å². The standard InChI is InChI=1S/C19H19N3O3S/c1-11-21-18-17(13-5-3-2-4-6-16(13)26-18)19(25)22(11)20-10-12-7-8-14(23)15(24)9-12/h7-10,23-24H,2-6H2,1H3/b20-10+. The first-order valence-corrected chi connectivity index (χ1v) is 9.46. The molecule has 0 fully saturated rings. The molecule has 7 heteroatoms. The van der Waals surface area contributed by atoms with Crippen LogP contribution >= 0.6 is 11.3 Å². The van der Waals surface area contributed by atoms with Crippen molar-refractivity contribution in [3.8, 4) is 11.5 Å². The second-order valence-corrected chi connectivity index (χ2v) is 7.60. The smallest absolute Gasteiger partial charge is 0.283 e. The van der Waals surface area contributed by atoms with Gasteiger partial charge in [0, 0.05) is 4.88 Å². The highest BCUT2D eigenvalue weighted by Crippen LogP contribution is 2.33. The monoisotopic (exact) mass is 369 g/mol. The third-order valence-corrected chi connectivity index (χ3v) is 5.89. The summed E-state index contributed by atoms with van der Waals surface area (Å²) in [6.45, 7) is 1.76. The van der Waals surface area contributed by atoms with E-state index in [0.29, 0.717) is 16.8 Å². The minimum absolute atomic E-state index is 0.147. The van der Waals surface area contributed by atoms with Crippen molar-refractivity contribution in [3.63, 3.8) is 0 Å². The summed E-state index contributed by atoms with van der Waals surface area (Å²) in [7, 11) is 0. The molecule has 1 aliphatic carbocycles. The van der Waals surface area contributed by atoms with E-state index in [1.54, 1.807) is 24.3 Å². The normalized spacial score (nSPS) is 14.7. The van der Waals surface area contributed by atoms with Gasteiger partial charge >= 0.3 is 0 Å². The lowest BCUT2D eigenvalue weighted by molar-refractivity contribution is 0.403. The number of hydrogen-bond donors (Lipinski definition) is 2. The zero-order chi connectivity index (χ0) is 18.3. The maximum absolute atomic E-state index is 13.1. The Kier molecular flexibility index (Phi) is 4.24. The summed E-state index contributed by atoms with van der Waals surface area (Å²) < 4.78 is 1.31. The summed E-state index contributed by atoms with van der Waals surface area (Å²) in [4.78, 5) is 19.7. The number of aryl methyl sites for hydroxylation is 3. The molecule has 0 unspecified atom stereocenters. The molecule has 2 heterocycles. The van der Waals surface area contributed by atoms with Gasteiger partial charge in [-0.15, -0.1) is 11.3 Å². The first-order valence-electron chi connectivity index (χ1n) is 8.65. The molecule has 2 aromatic heterocycles. The van der Waals surface area contributed by atoms with Crippen LogP contribution in [0.4, 0.5) is 0 Å². The van der Waals surface area contributed by atoms with E-state index in [0.717, 1.165) is 36.1 Å². The molecule has 134 valence electrons. The van der Waals surface area contributed by atoms with Gasteiger partial charge < -0.3 is 10.2 Å². The van der Waals surface area contributed by atoms with Gasteiger partial charge in [-0.25, -0.2) is 4.98 Å². The van der Waals surface area contributed by atoms with E-state index in [1.807, 2.05) is 0 Å². The van der Waals surface area contributed by atoms with Gasteiger partial charge in [-0.05, 0) is 61.9 Å². The number of aromatic nitrogens is 2. The molecular weight excluding hydrogens is 350 g/mol. The highest BCUT2D eigenvalue weighted by atomic mass is 32.1. The van der Waals surface area contributed by atoms with Crippen LogP contribution in [0.1, 0.15) is 41.1 Å². The average Bonchev–Trinajstić information content (AvgIpc) is 2.79. The summed E-state index contributed by atoms with van der Waals surface area (Å²) in [5.41, 5.74) is 1.58. The van der Waals surface area contributed by atoms with Gasteiger partial charge in [-0.1, -0.05) is 6.42 Å². The van der Waals surface area contributed by atoms with Crippen LogP contribution in [0.15, 0.2) is 28.1 Å². The Morgan fingerprint density at radius 2 is 2.00 bits per heavy atom. The molecule has 6 nitrogen and oxygen atoms in total. The van der Waals surface area contributed by atoms with E-state index in [2.05, 4.69) is 10.1 Å². The Morgan fingerprint density at radius 3 is 2.81 bits per heavy atom. The number of nitrogens with zero attached hydrogens (tertiary/aromatic N) is 3. The zero-order valence-corrected chi connectivity index (χ0v) is 15.2. The molecule has 2 N–H and O–H groups in total.